The highest BCUT2D eigenvalue weighted by Gasteiger charge is 2.30. The highest BCUT2D eigenvalue weighted by atomic mass is 32.1. The van der Waals surface area contributed by atoms with E-state index in [1.54, 1.807) is 0 Å². The maximum absolute atomic E-state index is 5.89. The Morgan fingerprint density at radius 2 is 2.14 bits per heavy atom. The molecule has 2 unspecified atom stereocenters. The molecular formula is C16H21N3OS. The minimum atomic E-state index is 0.101. The van der Waals surface area contributed by atoms with E-state index in [9.17, 15) is 0 Å². The van der Waals surface area contributed by atoms with Gasteiger partial charge in [0.15, 0.2) is 0 Å². The van der Waals surface area contributed by atoms with Crippen LogP contribution in [0.4, 0.5) is 5.13 Å². The van der Waals surface area contributed by atoms with Gasteiger partial charge in [-0.2, -0.15) is 4.37 Å². The molecule has 1 aromatic carbocycles. The third-order valence-corrected chi connectivity index (χ3v) is 4.27. The van der Waals surface area contributed by atoms with Crippen molar-refractivity contribution in [1.29, 1.82) is 0 Å². The van der Waals surface area contributed by atoms with Crippen molar-refractivity contribution in [2.75, 3.05) is 11.9 Å². The van der Waals surface area contributed by atoms with Gasteiger partial charge in [-0.3, -0.25) is 0 Å². The quantitative estimate of drug-likeness (QED) is 0.915. The van der Waals surface area contributed by atoms with E-state index in [2.05, 4.69) is 52.8 Å². The van der Waals surface area contributed by atoms with Crippen LogP contribution in [0.2, 0.25) is 0 Å². The molecule has 1 fully saturated rings. The molecule has 0 spiro atoms. The first-order valence-electron chi connectivity index (χ1n) is 7.48. The zero-order valence-corrected chi connectivity index (χ0v) is 13.3. The van der Waals surface area contributed by atoms with Crippen molar-refractivity contribution in [2.45, 2.75) is 38.8 Å². The summed E-state index contributed by atoms with van der Waals surface area (Å²) in [5, 5.41) is 4.41. The second kappa shape index (κ2) is 6.54. The molecule has 5 heteroatoms. The first kappa shape index (κ1) is 14.5. The predicted molar refractivity (Wildman–Crippen MR) is 85.6 cm³/mol. The zero-order valence-electron chi connectivity index (χ0n) is 12.5. The molecule has 0 radical (unpaired) electrons. The Morgan fingerprint density at radius 1 is 1.33 bits per heavy atom. The van der Waals surface area contributed by atoms with Crippen LogP contribution >= 0.6 is 11.5 Å². The van der Waals surface area contributed by atoms with Gasteiger partial charge in [0.05, 0.1) is 6.04 Å². The van der Waals surface area contributed by atoms with Gasteiger partial charge in [0.1, 0.15) is 11.9 Å². The minimum absolute atomic E-state index is 0.101. The lowest BCUT2D eigenvalue weighted by atomic mass is 10.0. The molecule has 0 amide bonds. The fourth-order valence-corrected chi connectivity index (χ4v) is 3.29. The molecule has 1 saturated heterocycles. The van der Waals surface area contributed by atoms with Crippen LogP contribution < -0.4 is 5.32 Å². The molecule has 112 valence electrons. The second-order valence-corrected chi connectivity index (χ2v) is 6.61. The maximum atomic E-state index is 5.89. The molecule has 0 aliphatic carbocycles. The molecule has 0 saturated carbocycles. The van der Waals surface area contributed by atoms with Crippen molar-refractivity contribution in [1.82, 2.24) is 9.36 Å². The number of rotatable bonds is 5. The van der Waals surface area contributed by atoms with E-state index in [0.717, 1.165) is 30.4 Å². The van der Waals surface area contributed by atoms with E-state index in [4.69, 9.17) is 4.74 Å². The number of nitrogens with zero attached hydrogens (tertiary/aromatic N) is 2. The number of aromatic nitrogens is 2. The normalized spacial score (nSPS) is 21.9. The van der Waals surface area contributed by atoms with E-state index in [1.165, 1.54) is 17.1 Å². The number of hydrogen-bond acceptors (Lipinski definition) is 5. The zero-order chi connectivity index (χ0) is 14.7. The van der Waals surface area contributed by atoms with E-state index in [0.29, 0.717) is 5.92 Å². The third-order valence-electron chi connectivity index (χ3n) is 3.59. The van der Waals surface area contributed by atoms with Crippen molar-refractivity contribution in [3.63, 3.8) is 0 Å². The summed E-state index contributed by atoms with van der Waals surface area (Å²) in [5.74, 6) is 1.52. The summed E-state index contributed by atoms with van der Waals surface area (Å²) in [7, 11) is 0. The molecule has 2 aromatic rings. The van der Waals surface area contributed by atoms with Crippen molar-refractivity contribution in [2.24, 2.45) is 5.92 Å². The highest BCUT2D eigenvalue weighted by molar-refractivity contribution is 7.09. The molecular weight excluding hydrogens is 282 g/mol. The molecule has 0 bridgehead atoms. The van der Waals surface area contributed by atoms with Gasteiger partial charge in [-0.05, 0) is 17.9 Å². The van der Waals surface area contributed by atoms with Gasteiger partial charge in [-0.15, -0.1) is 0 Å². The van der Waals surface area contributed by atoms with E-state index >= 15 is 0 Å². The monoisotopic (exact) mass is 303 g/mol. The summed E-state index contributed by atoms with van der Waals surface area (Å²) in [5.41, 5.74) is 1.22. The molecule has 2 heterocycles. The lowest BCUT2D eigenvalue weighted by molar-refractivity contribution is 0.107. The van der Waals surface area contributed by atoms with Gasteiger partial charge >= 0.3 is 0 Å². The maximum Gasteiger partial charge on any atom is 0.202 e. The largest absolute Gasteiger partial charge is 0.371 e. The standard InChI is InChI=1S/C16H21N3OS/c1-11(2)10-14-18-16(21-19-14)17-13-8-9-20-15(13)12-6-4-3-5-7-12/h3-7,11,13,15H,8-10H2,1-2H3,(H,17,18,19). The van der Waals surface area contributed by atoms with Crippen LogP contribution in [0.5, 0.6) is 0 Å². The summed E-state index contributed by atoms with van der Waals surface area (Å²) in [6, 6.07) is 10.7. The molecule has 1 aliphatic heterocycles. The van der Waals surface area contributed by atoms with Crippen molar-refractivity contribution < 1.29 is 4.74 Å². The van der Waals surface area contributed by atoms with Gasteiger partial charge in [-0.25, -0.2) is 4.98 Å². The van der Waals surface area contributed by atoms with Crippen LogP contribution in [0, 0.1) is 5.92 Å². The Labute approximate surface area is 129 Å². The van der Waals surface area contributed by atoms with Crippen LogP contribution in [-0.4, -0.2) is 22.0 Å². The van der Waals surface area contributed by atoms with E-state index in [1.807, 2.05) is 6.07 Å². The lowest BCUT2D eigenvalue weighted by Crippen LogP contribution is -2.23. The Balaban J connectivity index is 1.67. The summed E-state index contributed by atoms with van der Waals surface area (Å²) in [6.07, 6.45) is 2.03. The Bertz CT molecular complexity index is 570. The van der Waals surface area contributed by atoms with Gasteiger partial charge < -0.3 is 10.1 Å². The smallest absolute Gasteiger partial charge is 0.202 e. The topological polar surface area (TPSA) is 47.0 Å². The second-order valence-electron chi connectivity index (χ2n) is 5.86. The number of benzene rings is 1. The summed E-state index contributed by atoms with van der Waals surface area (Å²) < 4.78 is 10.3. The van der Waals surface area contributed by atoms with Crippen LogP contribution in [0.15, 0.2) is 30.3 Å². The van der Waals surface area contributed by atoms with Gasteiger partial charge in [0, 0.05) is 24.6 Å². The summed E-state index contributed by atoms with van der Waals surface area (Å²) in [6.45, 7) is 5.16. The predicted octanol–water partition coefficient (Wildman–Crippen LogP) is 3.68. The van der Waals surface area contributed by atoms with E-state index < -0.39 is 0 Å². The molecule has 3 rings (SSSR count). The number of nitrogens with one attached hydrogen (secondary N) is 1. The average molecular weight is 303 g/mol. The van der Waals surface area contributed by atoms with E-state index in [-0.39, 0.29) is 12.1 Å². The highest BCUT2D eigenvalue weighted by Crippen LogP contribution is 2.31. The Kier molecular flexibility index (Phi) is 4.51. The van der Waals surface area contributed by atoms with Gasteiger partial charge in [0.2, 0.25) is 5.13 Å². The molecule has 1 aliphatic rings. The molecule has 2 atom stereocenters. The van der Waals surface area contributed by atoms with Crippen molar-refractivity contribution >= 4 is 16.7 Å². The fourth-order valence-electron chi connectivity index (χ4n) is 2.63. The average Bonchev–Trinajstić information content (AvgIpc) is 3.09. The first-order chi connectivity index (χ1) is 10.2. The van der Waals surface area contributed by atoms with Crippen molar-refractivity contribution in [3.05, 3.63) is 41.7 Å². The van der Waals surface area contributed by atoms with Gasteiger partial charge in [-0.1, -0.05) is 44.2 Å². The van der Waals surface area contributed by atoms with Gasteiger partial charge in [0.25, 0.3) is 0 Å². The molecule has 1 aromatic heterocycles. The third kappa shape index (κ3) is 3.60. The SMILES string of the molecule is CC(C)Cc1nsc(NC2CCOC2c2ccccc2)n1. The molecule has 21 heavy (non-hydrogen) atoms. The van der Waals surface area contributed by atoms with Crippen LogP contribution in [0.25, 0.3) is 0 Å². The molecule has 1 N–H and O–H groups in total. The Morgan fingerprint density at radius 3 is 2.90 bits per heavy atom. The fraction of sp³-hybridized carbons (Fsp3) is 0.500. The first-order valence-corrected chi connectivity index (χ1v) is 8.25. The number of anilines is 1. The van der Waals surface area contributed by atoms with Crippen LogP contribution in [0.1, 0.15) is 37.8 Å². The van der Waals surface area contributed by atoms with Crippen LogP contribution in [0.3, 0.4) is 0 Å². The van der Waals surface area contributed by atoms with Crippen molar-refractivity contribution in [3.8, 4) is 0 Å². The molecule has 4 nitrogen and oxygen atoms in total. The lowest BCUT2D eigenvalue weighted by Gasteiger charge is -2.19. The number of ether oxygens (including phenoxy) is 1. The summed E-state index contributed by atoms with van der Waals surface area (Å²) in [4.78, 5) is 4.58. The number of hydrogen-bond donors (Lipinski definition) is 1. The minimum Gasteiger partial charge on any atom is -0.371 e. The van der Waals surface area contributed by atoms with Crippen LogP contribution in [-0.2, 0) is 11.2 Å². The Hall–Kier alpha value is -1.46. The summed E-state index contributed by atoms with van der Waals surface area (Å²) >= 11 is 1.45.